The van der Waals surface area contributed by atoms with Crippen molar-refractivity contribution in [2.45, 2.75) is 6.42 Å². The first kappa shape index (κ1) is 17.1. The van der Waals surface area contributed by atoms with Crippen LogP contribution in [0.2, 0.25) is 0 Å². The highest BCUT2D eigenvalue weighted by Gasteiger charge is 2.22. The van der Waals surface area contributed by atoms with Crippen LogP contribution in [0.4, 0.5) is 0 Å². The second kappa shape index (κ2) is 7.15. The van der Waals surface area contributed by atoms with Crippen molar-refractivity contribution < 1.29 is 18.7 Å². The van der Waals surface area contributed by atoms with Gasteiger partial charge in [-0.05, 0) is 30.2 Å². The Morgan fingerprint density at radius 2 is 2.07 bits per heavy atom. The van der Waals surface area contributed by atoms with E-state index in [0.29, 0.717) is 24.1 Å². The number of para-hydroxylation sites is 1. The van der Waals surface area contributed by atoms with Crippen LogP contribution in [0.5, 0.6) is 11.5 Å². The lowest BCUT2D eigenvalue weighted by Gasteiger charge is -2.25. The van der Waals surface area contributed by atoms with Gasteiger partial charge in [-0.3, -0.25) is 9.59 Å². The van der Waals surface area contributed by atoms with Crippen LogP contribution in [0.3, 0.4) is 0 Å². The van der Waals surface area contributed by atoms with E-state index in [-0.39, 0.29) is 17.1 Å². The van der Waals surface area contributed by atoms with E-state index < -0.39 is 5.91 Å². The quantitative estimate of drug-likeness (QED) is 0.769. The molecular formula is C21H19NO5. The Hall–Kier alpha value is -3.28. The van der Waals surface area contributed by atoms with E-state index >= 15 is 0 Å². The minimum Gasteiger partial charge on any atom is -0.497 e. The van der Waals surface area contributed by atoms with Crippen molar-refractivity contribution in [2.24, 2.45) is 5.92 Å². The molecule has 1 aromatic heterocycles. The molecule has 0 bridgehead atoms. The number of carbonyl (C=O) groups is 1. The number of hydrogen-bond acceptors (Lipinski definition) is 5. The molecule has 6 heteroatoms. The first-order chi connectivity index (χ1) is 13.1. The summed E-state index contributed by atoms with van der Waals surface area (Å²) < 4.78 is 16.6. The Morgan fingerprint density at radius 1 is 1.22 bits per heavy atom. The Morgan fingerprint density at radius 3 is 2.93 bits per heavy atom. The van der Waals surface area contributed by atoms with Crippen molar-refractivity contribution in [3.8, 4) is 11.5 Å². The Bertz CT molecular complexity index is 1060. The third-order valence-corrected chi connectivity index (χ3v) is 4.67. The van der Waals surface area contributed by atoms with Gasteiger partial charge in [0.2, 0.25) is 0 Å². The van der Waals surface area contributed by atoms with E-state index in [1.165, 1.54) is 6.07 Å². The summed E-state index contributed by atoms with van der Waals surface area (Å²) in [7, 11) is 1.62. The molecule has 0 aliphatic carbocycles. The van der Waals surface area contributed by atoms with E-state index in [1.807, 2.05) is 18.2 Å². The summed E-state index contributed by atoms with van der Waals surface area (Å²) in [6.07, 6.45) is 0.793. The molecule has 0 saturated carbocycles. The number of nitrogens with one attached hydrogen (secondary N) is 1. The third-order valence-electron chi connectivity index (χ3n) is 4.67. The topological polar surface area (TPSA) is 77.8 Å². The number of hydrogen-bond donors (Lipinski definition) is 1. The molecule has 3 aromatic rings. The molecule has 6 nitrogen and oxygen atoms in total. The van der Waals surface area contributed by atoms with Crippen LogP contribution in [0, 0.1) is 5.92 Å². The zero-order chi connectivity index (χ0) is 18.8. The molecule has 4 rings (SSSR count). The van der Waals surface area contributed by atoms with Gasteiger partial charge in [-0.25, -0.2) is 0 Å². The monoisotopic (exact) mass is 365 g/mol. The van der Waals surface area contributed by atoms with Crippen molar-refractivity contribution in [3.63, 3.8) is 0 Å². The number of rotatable bonds is 4. The summed E-state index contributed by atoms with van der Waals surface area (Å²) >= 11 is 0. The van der Waals surface area contributed by atoms with E-state index in [2.05, 4.69) is 5.32 Å². The van der Waals surface area contributed by atoms with Crippen LogP contribution in [-0.2, 0) is 6.42 Å². The van der Waals surface area contributed by atoms with Crippen LogP contribution in [-0.4, -0.2) is 26.2 Å². The van der Waals surface area contributed by atoms with Crippen LogP contribution in [0.1, 0.15) is 16.1 Å². The average molecular weight is 365 g/mol. The van der Waals surface area contributed by atoms with E-state index in [9.17, 15) is 9.59 Å². The van der Waals surface area contributed by atoms with Crippen molar-refractivity contribution in [2.75, 3.05) is 20.3 Å². The van der Waals surface area contributed by atoms with Gasteiger partial charge in [0.05, 0.1) is 19.1 Å². The highest BCUT2D eigenvalue weighted by Crippen LogP contribution is 2.30. The fraction of sp³-hybridized carbons (Fsp3) is 0.238. The van der Waals surface area contributed by atoms with Gasteiger partial charge in [0.1, 0.15) is 17.1 Å². The lowest BCUT2D eigenvalue weighted by molar-refractivity contribution is 0.0912. The fourth-order valence-corrected chi connectivity index (χ4v) is 3.21. The first-order valence-corrected chi connectivity index (χ1v) is 8.75. The smallest absolute Gasteiger partial charge is 0.287 e. The third kappa shape index (κ3) is 3.51. The number of ether oxygens (including phenoxy) is 2. The number of carbonyl (C=O) groups excluding carboxylic acids is 1. The van der Waals surface area contributed by atoms with Gasteiger partial charge >= 0.3 is 0 Å². The molecule has 2 aromatic carbocycles. The van der Waals surface area contributed by atoms with Crippen molar-refractivity contribution in [1.29, 1.82) is 0 Å². The van der Waals surface area contributed by atoms with Gasteiger partial charge < -0.3 is 19.2 Å². The van der Waals surface area contributed by atoms with Gasteiger partial charge in [0.25, 0.3) is 5.91 Å². The van der Waals surface area contributed by atoms with Gasteiger partial charge in [-0.2, -0.15) is 0 Å². The molecule has 1 aliphatic rings. The summed E-state index contributed by atoms with van der Waals surface area (Å²) in [6.45, 7) is 0.933. The maximum atomic E-state index is 12.4. The number of methoxy groups -OCH3 is 1. The van der Waals surface area contributed by atoms with E-state index in [0.717, 1.165) is 23.5 Å². The Labute approximate surface area is 155 Å². The second-order valence-corrected chi connectivity index (χ2v) is 6.54. The summed E-state index contributed by atoms with van der Waals surface area (Å²) in [5, 5.41) is 3.30. The molecule has 138 valence electrons. The van der Waals surface area contributed by atoms with E-state index in [1.54, 1.807) is 31.4 Å². The summed E-state index contributed by atoms with van der Waals surface area (Å²) in [4.78, 5) is 24.5. The van der Waals surface area contributed by atoms with Gasteiger partial charge in [-0.1, -0.05) is 18.2 Å². The first-order valence-electron chi connectivity index (χ1n) is 8.75. The molecule has 1 N–H and O–H groups in total. The number of benzene rings is 2. The van der Waals surface area contributed by atoms with Crippen molar-refractivity contribution in [1.82, 2.24) is 5.32 Å². The van der Waals surface area contributed by atoms with Gasteiger partial charge in [-0.15, -0.1) is 0 Å². The summed E-state index contributed by atoms with van der Waals surface area (Å²) in [5.41, 5.74) is 1.25. The molecule has 27 heavy (non-hydrogen) atoms. The largest absolute Gasteiger partial charge is 0.497 e. The molecule has 0 fully saturated rings. The highest BCUT2D eigenvalue weighted by atomic mass is 16.5. The zero-order valence-corrected chi connectivity index (χ0v) is 14.9. The van der Waals surface area contributed by atoms with Crippen molar-refractivity contribution >= 4 is 16.9 Å². The normalized spacial score (nSPS) is 15.7. The molecule has 0 spiro atoms. The van der Waals surface area contributed by atoms with Crippen LogP contribution >= 0.6 is 0 Å². The molecule has 0 saturated heterocycles. The number of amides is 1. The maximum Gasteiger partial charge on any atom is 0.287 e. The molecule has 1 amide bonds. The van der Waals surface area contributed by atoms with Crippen molar-refractivity contribution in [3.05, 3.63) is 70.1 Å². The minimum absolute atomic E-state index is 0.0144. The SMILES string of the molecule is COc1ccc2c(c1)OCC(CNC(=O)c1cc(=O)c3ccccc3o1)C2. The predicted octanol–water partition coefficient (Wildman–Crippen LogP) is 2.78. The predicted molar refractivity (Wildman–Crippen MR) is 101 cm³/mol. The molecule has 0 radical (unpaired) electrons. The molecule has 2 heterocycles. The van der Waals surface area contributed by atoms with Gasteiger partial charge in [0.15, 0.2) is 11.2 Å². The van der Waals surface area contributed by atoms with Crippen LogP contribution < -0.4 is 20.2 Å². The lowest BCUT2D eigenvalue weighted by Crippen LogP contribution is -2.35. The maximum absolute atomic E-state index is 12.4. The minimum atomic E-state index is -0.404. The standard InChI is InChI=1S/C21H19NO5/c1-25-15-7-6-14-8-13(12-26-19(14)9-15)11-22-21(24)20-10-17(23)16-4-2-3-5-18(16)27-20/h2-7,9-10,13H,8,11-12H2,1H3,(H,22,24). The fourth-order valence-electron chi connectivity index (χ4n) is 3.21. The molecule has 1 atom stereocenters. The highest BCUT2D eigenvalue weighted by molar-refractivity contribution is 5.93. The molecule has 1 unspecified atom stereocenters. The zero-order valence-electron chi connectivity index (χ0n) is 14.9. The number of fused-ring (bicyclic) bond motifs is 2. The van der Waals surface area contributed by atoms with Gasteiger partial charge in [0, 0.05) is 24.6 Å². The van der Waals surface area contributed by atoms with E-state index in [4.69, 9.17) is 13.9 Å². The Kier molecular flexibility index (Phi) is 4.54. The second-order valence-electron chi connectivity index (χ2n) is 6.54. The van der Waals surface area contributed by atoms with Crippen LogP contribution in [0.15, 0.2) is 57.7 Å². The summed E-state index contributed by atoms with van der Waals surface area (Å²) in [6, 6.07) is 13.8. The molecular weight excluding hydrogens is 346 g/mol. The van der Waals surface area contributed by atoms with Crippen LogP contribution in [0.25, 0.3) is 11.0 Å². The average Bonchev–Trinajstić information content (AvgIpc) is 2.71. The lowest BCUT2D eigenvalue weighted by atomic mass is 9.96. The Balaban J connectivity index is 1.43. The molecule has 1 aliphatic heterocycles. The summed E-state index contributed by atoms with van der Waals surface area (Å²) in [5.74, 6) is 1.32.